The van der Waals surface area contributed by atoms with Crippen LogP contribution in [0.1, 0.15) is 41.6 Å². The van der Waals surface area contributed by atoms with Gasteiger partial charge in [-0.05, 0) is 55.5 Å². The Kier molecular flexibility index (Phi) is 7.36. The third-order valence-electron chi connectivity index (χ3n) is 6.29. The minimum atomic E-state index is -3.48. The molecule has 1 N–H and O–H groups in total. The Labute approximate surface area is 199 Å². The number of para-hydroxylation sites is 1. The Morgan fingerprint density at radius 2 is 1.58 bits per heavy atom. The van der Waals surface area contributed by atoms with Crippen LogP contribution < -0.4 is 5.32 Å². The maximum atomic E-state index is 12.9. The maximum absolute atomic E-state index is 12.9. The van der Waals surface area contributed by atoms with E-state index in [1.807, 2.05) is 4.90 Å². The predicted molar refractivity (Wildman–Crippen MR) is 129 cm³/mol. The molecule has 0 spiro atoms. The first-order valence-electron chi connectivity index (χ1n) is 11.2. The van der Waals surface area contributed by atoms with Gasteiger partial charge in [0, 0.05) is 37.1 Å². The van der Waals surface area contributed by atoms with Gasteiger partial charge in [-0.15, -0.1) is 0 Å². The second-order valence-electron chi connectivity index (χ2n) is 8.59. The number of halogens is 1. The van der Waals surface area contributed by atoms with Crippen molar-refractivity contribution in [1.29, 1.82) is 0 Å². The van der Waals surface area contributed by atoms with Gasteiger partial charge in [0.05, 0.1) is 17.0 Å². The van der Waals surface area contributed by atoms with Crippen LogP contribution in [-0.4, -0.2) is 55.6 Å². The van der Waals surface area contributed by atoms with Crippen LogP contribution in [0.5, 0.6) is 0 Å². The molecule has 0 unspecified atom stereocenters. The zero-order valence-corrected chi connectivity index (χ0v) is 19.9. The SMILES string of the molecule is O=C(Nc1ccccc1C(=O)N1CCCC1)C1CCN(S(=O)(=O)Cc2ccc(Cl)cc2)CC1. The van der Waals surface area contributed by atoms with Crippen molar-refractivity contribution in [3.63, 3.8) is 0 Å². The second-order valence-corrected chi connectivity index (χ2v) is 11.0. The van der Waals surface area contributed by atoms with Crippen LogP contribution in [0.25, 0.3) is 0 Å². The van der Waals surface area contributed by atoms with Gasteiger partial charge in [0.25, 0.3) is 5.91 Å². The fourth-order valence-corrected chi connectivity index (χ4v) is 6.07. The molecule has 9 heteroatoms. The third kappa shape index (κ3) is 5.75. The highest BCUT2D eigenvalue weighted by Crippen LogP contribution is 2.25. The Hall–Kier alpha value is -2.42. The van der Waals surface area contributed by atoms with E-state index in [9.17, 15) is 18.0 Å². The van der Waals surface area contributed by atoms with Crippen molar-refractivity contribution in [3.05, 3.63) is 64.7 Å². The van der Waals surface area contributed by atoms with E-state index < -0.39 is 10.0 Å². The van der Waals surface area contributed by atoms with E-state index >= 15 is 0 Å². The summed E-state index contributed by atoms with van der Waals surface area (Å²) in [5.41, 5.74) is 1.69. The molecule has 2 fully saturated rings. The highest BCUT2D eigenvalue weighted by molar-refractivity contribution is 7.88. The summed E-state index contributed by atoms with van der Waals surface area (Å²) >= 11 is 5.88. The molecule has 0 atom stereocenters. The number of benzene rings is 2. The molecule has 0 saturated carbocycles. The van der Waals surface area contributed by atoms with Gasteiger partial charge in [-0.2, -0.15) is 0 Å². The molecule has 0 aromatic heterocycles. The number of likely N-dealkylation sites (tertiary alicyclic amines) is 1. The summed E-state index contributed by atoms with van der Waals surface area (Å²) in [7, 11) is -3.48. The number of nitrogens with one attached hydrogen (secondary N) is 1. The Bertz CT molecular complexity index is 1110. The molecule has 0 aliphatic carbocycles. The number of rotatable bonds is 6. The van der Waals surface area contributed by atoms with Crippen molar-refractivity contribution in [1.82, 2.24) is 9.21 Å². The van der Waals surface area contributed by atoms with Crippen molar-refractivity contribution >= 4 is 39.1 Å². The number of anilines is 1. The summed E-state index contributed by atoms with van der Waals surface area (Å²) in [6, 6.07) is 13.8. The monoisotopic (exact) mass is 489 g/mol. The predicted octanol–water partition coefficient (Wildman–Crippen LogP) is 3.76. The number of hydrogen-bond acceptors (Lipinski definition) is 4. The van der Waals surface area contributed by atoms with Crippen molar-refractivity contribution in [2.45, 2.75) is 31.4 Å². The van der Waals surface area contributed by atoms with E-state index in [2.05, 4.69) is 5.32 Å². The van der Waals surface area contributed by atoms with Crippen LogP contribution in [-0.2, 0) is 20.6 Å². The molecule has 33 heavy (non-hydrogen) atoms. The lowest BCUT2D eigenvalue weighted by Crippen LogP contribution is -2.42. The average molecular weight is 490 g/mol. The average Bonchev–Trinajstić information content (AvgIpc) is 3.35. The summed E-state index contributed by atoms with van der Waals surface area (Å²) in [6.45, 7) is 2.07. The Morgan fingerprint density at radius 1 is 0.939 bits per heavy atom. The van der Waals surface area contributed by atoms with Crippen molar-refractivity contribution < 1.29 is 18.0 Å². The summed E-state index contributed by atoms with van der Waals surface area (Å²) in [4.78, 5) is 27.6. The number of sulfonamides is 1. The first-order valence-corrected chi connectivity index (χ1v) is 13.2. The van der Waals surface area contributed by atoms with Gasteiger partial charge in [0.15, 0.2) is 0 Å². The van der Waals surface area contributed by atoms with Gasteiger partial charge in [0.2, 0.25) is 15.9 Å². The Morgan fingerprint density at radius 3 is 2.24 bits per heavy atom. The molecule has 176 valence electrons. The van der Waals surface area contributed by atoms with Crippen LogP contribution in [0.15, 0.2) is 48.5 Å². The Balaban J connectivity index is 1.35. The zero-order valence-electron chi connectivity index (χ0n) is 18.4. The third-order valence-corrected chi connectivity index (χ3v) is 8.39. The molecular weight excluding hydrogens is 462 g/mol. The molecule has 2 heterocycles. The van der Waals surface area contributed by atoms with Crippen LogP contribution in [0.3, 0.4) is 0 Å². The number of piperidine rings is 1. The second kappa shape index (κ2) is 10.2. The van der Waals surface area contributed by atoms with E-state index in [1.54, 1.807) is 48.5 Å². The number of amides is 2. The van der Waals surface area contributed by atoms with E-state index in [-0.39, 0.29) is 23.5 Å². The lowest BCUT2D eigenvalue weighted by atomic mass is 9.97. The topological polar surface area (TPSA) is 86.8 Å². The smallest absolute Gasteiger partial charge is 0.255 e. The number of nitrogens with zero attached hydrogens (tertiary/aromatic N) is 2. The van der Waals surface area contributed by atoms with Crippen LogP contribution in [0, 0.1) is 5.92 Å². The summed E-state index contributed by atoms with van der Waals surface area (Å²) in [6.07, 6.45) is 2.88. The normalized spacial score (nSPS) is 17.8. The molecule has 0 radical (unpaired) electrons. The van der Waals surface area contributed by atoms with Crippen molar-refractivity contribution in [2.24, 2.45) is 5.92 Å². The van der Waals surface area contributed by atoms with Crippen LogP contribution in [0.4, 0.5) is 5.69 Å². The van der Waals surface area contributed by atoms with Gasteiger partial charge in [-0.3, -0.25) is 9.59 Å². The van der Waals surface area contributed by atoms with Crippen LogP contribution in [0.2, 0.25) is 5.02 Å². The molecule has 2 aromatic carbocycles. The van der Waals surface area contributed by atoms with Crippen molar-refractivity contribution in [3.8, 4) is 0 Å². The molecule has 7 nitrogen and oxygen atoms in total. The molecular formula is C24H28ClN3O4S. The molecule has 4 rings (SSSR count). The first-order chi connectivity index (χ1) is 15.8. The lowest BCUT2D eigenvalue weighted by Gasteiger charge is -2.30. The molecule has 2 aromatic rings. The number of hydrogen-bond donors (Lipinski definition) is 1. The minimum absolute atomic E-state index is 0.0634. The molecule has 0 bridgehead atoms. The van der Waals surface area contributed by atoms with Gasteiger partial charge >= 0.3 is 0 Å². The minimum Gasteiger partial charge on any atom is -0.339 e. The van der Waals surface area contributed by atoms with Crippen molar-refractivity contribution in [2.75, 3.05) is 31.5 Å². The van der Waals surface area contributed by atoms with Gasteiger partial charge in [0.1, 0.15) is 0 Å². The number of carbonyl (C=O) groups is 2. The standard InChI is InChI=1S/C24H28ClN3O4S/c25-20-9-7-18(8-10-20)17-33(31,32)28-15-11-19(12-16-28)23(29)26-22-6-2-1-5-21(22)24(30)27-13-3-4-14-27/h1-2,5-10,19H,3-4,11-17H2,(H,26,29). The highest BCUT2D eigenvalue weighted by Gasteiger charge is 2.32. The number of carbonyl (C=O) groups excluding carboxylic acids is 2. The molecule has 2 amide bonds. The van der Waals surface area contributed by atoms with Gasteiger partial charge in [-0.25, -0.2) is 12.7 Å². The van der Waals surface area contributed by atoms with E-state index in [0.717, 1.165) is 25.9 Å². The quantitative estimate of drug-likeness (QED) is 0.669. The largest absolute Gasteiger partial charge is 0.339 e. The highest BCUT2D eigenvalue weighted by atomic mass is 35.5. The first kappa shape index (κ1) is 23.7. The summed E-state index contributed by atoms with van der Waals surface area (Å²) in [5, 5.41) is 3.48. The zero-order chi connectivity index (χ0) is 23.4. The molecule has 2 aliphatic rings. The van der Waals surface area contributed by atoms with Gasteiger partial charge < -0.3 is 10.2 Å². The van der Waals surface area contributed by atoms with E-state index in [4.69, 9.17) is 11.6 Å². The molecule has 2 aliphatic heterocycles. The van der Waals surface area contributed by atoms with Gasteiger partial charge in [-0.1, -0.05) is 35.9 Å². The van der Waals surface area contributed by atoms with E-state index in [0.29, 0.717) is 47.8 Å². The summed E-state index contributed by atoms with van der Waals surface area (Å²) in [5.74, 6) is -0.632. The summed E-state index contributed by atoms with van der Waals surface area (Å²) < 4.78 is 27.1. The molecule has 2 saturated heterocycles. The van der Waals surface area contributed by atoms with Crippen LogP contribution >= 0.6 is 11.6 Å². The fourth-order valence-electron chi connectivity index (χ4n) is 4.38. The van der Waals surface area contributed by atoms with E-state index in [1.165, 1.54) is 4.31 Å². The lowest BCUT2D eigenvalue weighted by molar-refractivity contribution is -0.120. The maximum Gasteiger partial charge on any atom is 0.255 e. The fraction of sp³-hybridized carbons (Fsp3) is 0.417.